The van der Waals surface area contributed by atoms with Crippen molar-refractivity contribution in [2.75, 3.05) is 25.0 Å². The number of aliphatic hydroxyl groups excluding tert-OH is 1. The minimum Gasteiger partial charge on any atom is -0.391 e. The van der Waals surface area contributed by atoms with Crippen molar-refractivity contribution in [2.45, 2.75) is 25.5 Å². The highest BCUT2D eigenvalue weighted by Crippen LogP contribution is 2.16. The molecule has 1 heterocycles. The van der Waals surface area contributed by atoms with E-state index in [1.54, 1.807) is 0 Å². The third-order valence-electron chi connectivity index (χ3n) is 3.63. The van der Waals surface area contributed by atoms with E-state index in [9.17, 15) is 9.90 Å². The lowest BCUT2D eigenvalue weighted by Gasteiger charge is -2.18. The van der Waals surface area contributed by atoms with E-state index in [2.05, 4.69) is 31.9 Å². The molecular formula is C15H22BrN3O2. The molecule has 5 nitrogen and oxygen atoms in total. The molecule has 0 spiro atoms. The molecule has 21 heavy (non-hydrogen) atoms. The lowest BCUT2D eigenvalue weighted by molar-refractivity contribution is -0.116. The van der Waals surface area contributed by atoms with Gasteiger partial charge in [0.2, 0.25) is 5.91 Å². The smallest absolute Gasteiger partial charge is 0.225 e. The van der Waals surface area contributed by atoms with Crippen molar-refractivity contribution in [1.82, 2.24) is 10.6 Å². The summed E-state index contributed by atoms with van der Waals surface area (Å²) >= 11 is 3.38. The molecule has 1 aromatic rings. The predicted octanol–water partition coefficient (Wildman–Crippen LogP) is 1.34. The predicted molar refractivity (Wildman–Crippen MR) is 87.2 cm³/mol. The fourth-order valence-corrected chi connectivity index (χ4v) is 2.81. The van der Waals surface area contributed by atoms with Gasteiger partial charge in [-0.3, -0.25) is 4.79 Å². The SMILES string of the molecule is CC(CC(=O)Nc1cccc(Br)c1)NCC1CNCC1O. The van der Waals surface area contributed by atoms with Crippen LogP contribution in [0.25, 0.3) is 0 Å². The molecule has 1 aliphatic heterocycles. The van der Waals surface area contributed by atoms with Crippen molar-refractivity contribution in [3.05, 3.63) is 28.7 Å². The summed E-state index contributed by atoms with van der Waals surface area (Å²) in [6, 6.07) is 7.61. The number of carbonyl (C=O) groups is 1. The van der Waals surface area contributed by atoms with Crippen LogP contribution in [-0.2, 0) is 4.79 Å². The molecule has 1 aliphatic rings. The average molecular weight is 356 g/mol. The maximum Gasteiger partial charge on any atom is 0.225 e. The van der Waals surface area contributed by atoms with Gasteiger partial charge in [-0.25, -0.2) is 0 Å². The molecule has 0 saturated carbocycles. The van der Waals surface area contributed by atoms with Crippen molar-refractivity contribution in [1.29, 1.82) is 0 Å². The molecule has 1 amide bonds. The number of rotatable bonds is 6. The lowest BCUT2D eigenvalue weighted by atomic mass is 10.1. The molecule has 1 saturated heterocycles. The van der Waals surface area contributed by atoms with E-state index in [1.165, 1.54) is 0 Å². The summed E-state index contributed by atoms with van der Waals surface area (Å²) in [5.41, 5.74) is 0.789. The quantitative estimate of drug-likeness (QED) is 0.621. The first-order valence-corrected chi connectivity index (χ1v) is 8.01. The zero-order chi connectivity index (χ0) is 15.2. The van der Waals surface area contributed by atoms with Gasteiger partial charge in [-0.15, -0.1) is 0 Å². The molecule has 4 N–H and O–H groups in total. The van der Waals surface area contributed by atoms with E-state index in [0.29, 0.717) is 13.0 Å². The minimum absolute atomic E-state index is 0.0156. The highest BCUT2D eigenvalue weighted by atomic mass is 79.9. The average Bonchev–Trinajstić information content (AvgIpc) is 2.81. The summed E-state index contributed by atoms with van der Waals surface area (Å²) in [6.45, 7) is 4.18. The number of amides is 1. The Labute approximate surface area is 133 Å². The molecule has 3 atom stereocenters. The van der Waals surface area contributed by atoms with E-state index in [0.717, 1.165) is 23.2 Å². The fraction of sp³-hybridized carbons (Fsp3) is 0.533. The molecule has 1 fully saturated rings. The summed E-state index contributed by atoms with van der Waals surface area (Å²) in [6.07, 6.45) is 0.114. The van der Waals surface area contributed by atoms with Gasteiger partial charge in [0.1, 0.15) is 0 Å². The van der Waals surface area contributed by atoms with Gasteiger partial charge in [0.15, 0.2) is 0 Å². The Bertz CT molecular complexity index is 484. The molecule has 2 rings (SSSR count). The highest BCUT2D eigenvalue weighted by Gasteiger charge is 2.24. The zero-order valence-corrected chi connectivity index (χ0v) is 13.7. The fourth-order valence-electron chi connectivity index (χ4n) is 2.41. The van der Waals surface area contributed by atoms with Crippen LogP contribution in [0.5, 0.6) is 0 Å². The first kappa shape index (κ1) is 16.4. The Morgan fingerprint density at radius 3 is 3.00 bits per heavy atom. The second-order valence-electron chi connectivity index (χ2n) is 5.56. The van der Waals surface area contributed by atoms with Crippen LogP contribution in [0.2, 0.25) is 0 Å². The summed E-state index contributed by atoms with van der Waals surface area (Å²) in [5.74, 6) is 0.207. The normalized spacial score (nSPS) is 23.0. The zero-order valence-electron chi connectivity index (χ0n) is 12.1. The highest BCUT2D eigenvalue weighted by molar-refractivity contribution is 9.10. The van der Waals surface area contributed by atoms with E-state index in [4.69, 9.17) is 0 Å². The first-order valence-electron chi connectivity index (χ1n) is 7.22. The van der Waals surface area contributed by atoms with Crippen LogP contribution in [0.1, 0.15) is 13.3 Å². The van der Waals surface area contributed by atoms with Gasteiger partial charge in [0.25, 0.3) is 0 Å². The monoisotopic (exact) mass is 355 g/mol. The molecule has 1 aromatic carbocycles. The summed E-state index contributed by atoms with van der Waals surface area (Å²) in [7, 11) is 0. The van der Waals surface area contributed by atoms with Crippen LogP contribution in [0.15, 0.2) is 28.7 Å². The second-order valence-corrected chi connectivity index (χ2v) is 6.47. The molecule has 0 bridgehead atoms. The van der Waals surface area contributed by atoms with Gasteiger partial charge >= 0.3 is 0 Å². The van der Waals surface area contributed by atoms with E-state index in [-0.39, 0.29) is 24.0 Å². The second kappa shape index (κ2) is 7.89. The number of nitrogens with one attached hydrogen (secondary N) is 3. The number of hydrogen-bond donors (Lipinski definition) is 4. The van der Waals surface area contributed by atoms with E-state index >= 15 is 0 Å². The molecule has 6 heteroatoms. The van der Waals surface area contributed by atoms with Crippen molar-refractivity contribution in [3.63, 3.8) is 0 Å². The van der Waals surface area contributed by atoms with Crippen LogP contribution < -0.4 is 16.0 Å². The number of hydrogen-bond acceptors (Lipinski definition) is 4. The topological polar surface area (TPSA) is 73.4 Å². The van der Waals surface area contributed by atoms with E-state index < -0.39 is 0 Å². The third kappa shape index (κ3) is 5.39. The first-order chi connectivity index (χ1) is 10.0. The van der Waals surface area contributed by atoms with Gasteiger partial charge in [-0.05, 0) is 25.1 Å². The Morgan fingerprint density at radius 1 is 1.52 bits per heavy atom. The number of halogens is 1. The largest absolute Gasteiger partial charge is 0.391 e. The Kier molecular flexibility index (Phi) is 6.17. The lowest BCUT2D eigenvalue weighted by Crippen LogP contribution is -2.37. The molecule has 3 unspecified atom stereocenters. The Balaban J connectivity index is 1.71. The third-order valence-corrected chi connectivity index (χ3v) is 4.13. The standard InChI is InChI=1S/C15H22BrN3O2/c1-10(18-8-11-7-17-9-14(11)20)5-15(21)19-13-4-2-3-12(16)6-13/h2-4,6,10-11,14,17-18,20H,5,7-9H2,1H3,(H,19,21). The molecule has 0 aliphatic carbocycles. The van der Waals surface area contributed by atoms with Gasteiger partial charge in [-0.1, -0.05) is 22.0 Å². The summed E-state index contributed by atoms with van der Waals surface area (Å²) in [5, 5.41) is 19.1. The molecule has 0 aromatic heterocycles. The van der Waals surface area contributed by atoms with E-state index in [1.807, 2.05) is 31.2 Å². The van der Waals surface area contributed by atoms with Crippen LogP contribution >= 0.6 is 15.9 Å². The van der Waals surface area contributed by atoms with Crippen LogP contribution in [-0.4, -0.2) is 42.8 Å². The van der Waals surface area contributed by atoms with Gasteiger partial charge in [0, 0.05) is 48.2 Å². The number of β-amino-alcohol motifs (C(OH)–C–C–N with tert-alkyl or cyclic N) is 1. The van der Waals surface area contributed by atoms with Crippen LogP contribution in [0.3, 0.4) is 0 Å². The molecular weight excluding hydrogens is 334 g/mol. The number of anilines is 1. The van der Waals surface area contributed by atoms with Gasteiger partial charge in [-0.2, -0.15) is 0 Å². The number of benzene rings is 1. The molecule has 116 valence electrons. The van der Waals surface area contributed by atoms with Crippen molar-refractivity contribution in [3.8, 4) is 0 Å². The maximum absolute atomic E-state index is 12.0. The van der Waals surface area contributed by atoms with Crippen molar-refractivity contribution >= 4 is 27.5 Å². The van der Waals surface area contributed by atoms with Crippen LogP contribution in [0, 0.1) is 5.92 Å². The maximum atomic E-state index is 12.0. The number of carbonyl (C=O) groups excluding carboxylic acids is 1. The molecule has 0 radical (unpaired) electrons. The Hall–Kier alpha value is -0.950. The summed E-state index contributed by atoms with van der Waals surface area (Å²) in [4.78, 5) is 12.0. The minimum atomic E-state index is -0.291. The van der Waals surface area contributed by atoms with Gasteiger partial charge in [0.05, 0.1) is 6.10 Å². The number of aliphatic hydroxyl groups is 1. The van der Waals surface area contributed by atoms with Crippen molar-refractivity contribution in [2.24, 2.45) is 5.92 Å². The Morgan fingerprint density at radius 2 is 2.33 bits per heavy atom. The van der Waals surface area contributed by atoms with Crippen LogP contribution in [0.4, 0.5) is 5.69 Å². The van der Waals surface area contributed by atoms with Crippen molar-refractivity contribution < 1.29 is 9.90 Å². The summed E-state index contributed by atoms with van der Waals surface area (Å²) < 4.78 is 0.939. The van der Waals surface area contributed by atoms with Gasteiger partial charge < -0.3 is 21.1 Å².